The molecule has 0 saturated carbocycles. The van der Waals surface area contributed by atoms with Crippen LogP contribution >= 0.6 is 0 Å². The van der Waals surface area contributed by atoms with E-state index in [0.717, 1.165) is 30.4 Å². The van der Waals surface area contributed by atoms with Crippen molar-refractivity contribution in [2.24, 2.45) is 5.92 Å². The number of piperidine rings is 1. The lowest BCUT2D eigenvalue weighted by molar-refractivity contribution is -0.132. The van der Waals surface area contributed by atoms with E-state index in [-0.39, 0.29) is 23.9 Å². The van der Waals surface area contributed by atoms with Gasteiger partial charge in [0.25, 0.3) is 0 Å². The van der Waals surface area contributed by atoms with Crippen molar-refractivity contribution in [1.82, 2.24) is 9.21 Å². The Balaban J connectivity index is 1.47. The monoisotopic (exact) mass is 506 g/mol. The summed E-state index contributed by atoms with van der Waals surface area (Å²) >= 11 is 0. The van der Waals surface area contributed by atoms with Gasteiger partial charge in [0.2, 0.25) is 15.9 Å². The summed E-state index contributed by atoms with van der Waals surface area (Å²) < 4.78 is 33.9. The fourth-order valence-corrected chi connectivity index (χ4v) is 6.22. The molecule has 190 valence electrons. The minimum absolute atomic E-state index is 0.129. The first kappa shape index (κ1) is 25.9. The summed E-state index contributed by atoms with van der Waals surface area (Å²) in [6.07, 6.45) is 2.85. The third-order valence-electron chi connectivity index (χ3n) is 6.85. The number of hydrogen-bond acceptors (Lipinski definition) is 4. The van der Waals surface area contributed by atoms with E-state index in [9.17, 15) is 13.2 Å². The van der Waals surface area contributed by atoms with E-state index in [1.54, 1.807) is 25.3 Å². The Hall–Kier alpha value is -3.16. The largest absolute Gasteiger partial charge is 0.496 e. The predicted octanol–water partition coefficient (Wildman–Crippen LogP) is 4.68. The summed E-state index contributed by atoms with van der Waals surface area (Å²) in [5, 5.41) is 0. The Labute approximate surface area is 214 Å². The van der Waals surface area contributed by atoms with Crippen LogP contribution in [0.4, 0.5) is 0 Å². The smallest absolute Gasteiger partial charge is 0.243 e. The molecule has 0 bridgehead atoms. The molecule has 1 aliphatic rings. The van der Waals surface area contributed by atoms with E-state index < -0.39 is 10.0 Å². The molecule has 3 aromatic carbocycles. The molecule has 0 aromatic heterocycles. The molecule has 0 atom stereocenters. The van der Waals surface area contributed by atoms with Crippen LogP contribution in [-0.4, -0.2) is 50.3 Å². The van der Waals surface area contributed by atoms with Crippen molar-refractivity contribution in [3.05, 3.63) is 95.6 Å². The third kappa shape index (κ3) is 6.33. The highest BCUT2D eigenvalue weighted by molar-refractivity contribution is 7.89. The number of methoxy groups -OCH3 is 1. The quantitative estimate of drug-likeness (QED) is 0.423. The summed E-state index contributed by atoms with van der Waals surface area (Å²) in [7, 11) is -2.35. The Kier molecular flexibility index (Phi) is 8.44. The number of sulfonamides is 1. The number of carbonyl (C=O) groups is 1. The van der Waals surface area contributed by atoms with Crippen LogP contribution in [0, 0.1) is 12.8 Å². The molecule has 36 heavy (non-hydrogen) atoms. The number of benzene rings is 3. The number of likely N-dealkylation sites (tertiary alicyclic amines) is 1. The number of carbonyl (C=O) groups excluding carboxylic acids is 1. The van der Waals surface area contributed by atoms with E-state index in [1.807, 2.05) is 48.2 Å². The van der Waals surface area contributed by atoms with E-state index in [0.29, 0.717) is 24.8 Å². The molecule has 1 heterocycles. The van der Waals surface area contributed by atoms with Crippen molar-refractivity contribution < 1.29 is 17.9 Å². The molecule has 0 spiro atoms. The van der Waals surface area contributed by atoms with E-state index in [2.05, 4.69) is 24.3 Å². The standard InChI is InChI=1S/C29H34N2O4S/c1-23-19-27(13-14-28(23)35-2)36(33,34)31(21-26-11-7-4-8-12-26)22-29(32)30-17-15-25(16-18-30)20-24-9-5-3-6-10-24/h3-14,19,25H,15-18,20-22H2,1-2H3. The molecule has 6 nitrogen and oxygen atoms in total. The lowest BCUT2D eigenvalue weighted by Gasteiger charge is -2.33. The molecule has 1 amide bonds. The number of nitrogens with zero attached hydrogens (tertiary/aromatic N) is 2. The van der Waals surface area contributed by atoms with Crippen LogP contribution < -0.4 is 4.74 Å². The molecule has 0 aliphatic carbocycles. The zero-order valence-corrected chi connectivity index (χ0v) is 21.8. The highest BCUT2D eigenvalue weighted by Crippen LogP contribution is 2.26. The molecule has 1 aliphatic heterocycles. The van der Waals surface area contributed by atoms with Gasteiger partial charge in [0, 0.05) is 19.6 Å². The summed E-state index contributed by atoms with van der Waals surface area (Å²) in [6, 6.07) is 24.6. The Morgan fingerprint density at radius 1 is 0.944 bits per heavy atom. The van der Waals surface area contributed by atoms with Crippen LogP contribution in [0.2, 0.25) is 0 Å². The van der Waals surface area contributed by atoms with Gasteiger partial charge >= 0.3 is 0 Å². The normalized spacial score (nSPS) is 14.7. The Bertz CT molecular complexity index is 1250. The lowest BCUT2D eigenvalue weighted by atomic mass is 9.90. The van der Waals surface area contributed by atoms with Crippen molar-refractivity contribution in [2.45, 2.75) is 37.6 Å². The van der Waals surface area contributed by atoms with Gasteiger partial charge in [-0.25, -0.2) is 8.42 Å². The first-order valence-corrected chi connectivity index (χ1v) is 13.8. The Morgan fingerprint density at radius 3 is 2.14 bits per heavy atom. The SMILES string of the molecule is COc1ccc(S(=O)(=O)N(CC(=O)N2CCC(Cc3ccccc3)CC2)Cc2ccccc2)cc1C. The second-order valence-electron chi connectivity index (χ2n) is 9.40. The van der Waals surface area contributed by atoms with Gasteiger partial charge in [0.15, 0.2) is 0 Å². The van der Waals surface area contributed by atoms with E-state index in [4.69, 9.17) is 4.74 Å². The van der Waals surface area contributed by atoms with Crippen LogP contribution in [0.3, 0.4) is 0 Å². The van der Waals surface area contributed by atoms with Crippen LogP contribution in [0.15, 0.2) is 83.8 Å². The maximum Gasteiger partial charge on any atom is 0.243 e. The van der Waals surface area contributed by atoms with Gasteiger partial charge in [-0.15, -0.1) is 0 Å². The van der Waals surface area contributed by atoms with Crippen LogP contribution in [0.5, 0.6) is 5.75 Å². The number of aryl methyl sites for hydroxylation is 1. The molecular formula is C29H34N2O4S. The van der Waals surface area contributed by atoms with Gasteiger partial charge in [0.05, 0.1) is 18.6 Å². The predicted molar refractivity (Wildman–Crippen MR) is 141 cm³/mol. The summed E-state index contributed by atoms with van der Waals surface area (Å²) in [5.41, 5.74) is 2.88. The zero-order valence-electron chi connectivity index (χ0n) is 21.0. The van der Waals surface area contributed by atoms with Crippen molar-refractivity contribution in [1.29, 1.82) is 0 Å². The van der Waals surface area contributed by atoms with E-state index >= 15 is 0 Å². The summed E-state index contributed by atoms with van der Waals surface area (Å²) in [6.45, 7) is 3.05. The minimum Gasteiger partial charge on any atom is -0.496 e. The molecule has 3 aromatic rings. The fourth-order valence-electron chi connectivity index (χ4n) is 4.76. The zero-order chi connectivity index (χ0) is 25.5. The van der Waals surface area contributed by atoms with Crippen molar-refractivity contribution in [3.8, 4) is 5.75 Å². The van der Waals surface area contributed by atoms with Crippen molar-refractivity contribution in [3.63, 3.8) is 0 Å². The minimum atomic E-state index is -3.90. The van der Waals surface area contributed by atoms with Gasteiger partial charge in [-0.1, -0.05) is 60.7 Å². The third-order valence-corrected chi connectivity index (χ3v) is 8.64. The van der Waals surface area contributed by atoms with Crippen LogP contribution in [-0.2, 0) is 27.8 Å². The highest BCUT2D eigenvalue weighted by Gasteiger charge is 2.30. The van der Waals surface area contributed by atoms with E-state index in [1.165, 1.54) is 9.87 Å². The number of amides is 1. The lowest BCUT2D eigenvalue weighted by Crippen LogP contribution is -2.45. The van der Waals surface area contributed by atoms with Crippen molar-refractivity contribution >= 4 is 15.9 Å². The second kappa shape index (κ2) is 11.7. The number of rotatable bonds is 9. The molecule has 0 N–H and O–H groups in total. The summed E-state index contributed by atoms with van der Waals surface area (Å²) in [4.78, 5) is 15.3. The van der Waals surface area contributed by atoms with Crippen LogP contribution in [0.1, 0.15) is 29.5 Å². The fraction of sp³-hybridized carbons (Fsp3) is 0.345. The van der Waals surface area contributed by atoms with Gasteiger partial charge in [0.1, 0.15) is 5.75 Å². The molecule has 1 saturated heterocycles. The van der Waals surface area contributed by atoms with Gasteiger partial charge in [-0.05, 0) is 67.0 Å². The maximum atomic E-state index is 13.7. The average molecular weight is 507 g/mol. The van der Waals surface area contributed by atoms with Crippen molar-refractivity contribution in [2.75, 3.05) is 26.7 Å². The molecular weight excluding hydrogens is 472 g/mol. The first-order valence-electron chi connectivity index (χ1n) is 12.4. The second-order valence-corrected chi connectivity index (χ2v) is 11.3. The molecule has 4 rings (SSSR count). The van der Waals surface area contributed by atoms with Gasteiger partial charge < -0.3 is 9.64 Å². The molecule has 0 radical (unpaired) electrons. The average Bonchev–Trinajstić information content (AvgIpc) is 2.90. The summed E-state index contributed by atoms with van der Waals surface area (Å²) in [5.74, 6) is 0.999. The first-order chi connectivity index (χ1) is 17.4. The number of hydrogen-bond donors (Lipinski definition) is 0. The molecule has 1 fully saturated rings. The molecule has 0 unspecified atom stereocenters. The van der Waals surface area contributed by atoms with Crippen LogP contribution in [0.25, 0.3) is 0 Å². The Morgan fingerprint density at radius 2 is 1.56 bits per heavy atom. The molecule has 7 heteroatoms. The van der Waals surface area contributed by atoms with Gasteiger partial charge in [-0.2, -0.15) is 4.31 Å². The highest BCUT2D eigenvalue weighted by atomic mass is 32.2. The topological polar surface area (TPSA) is 66.9 Å². The maximum absolute atomic E-state index is 13.7. The number of ether oxygens (including phenoxy) is 1. The van der Waals surface area contributed by atoms with Gasteiger partial charge in [-0.3, -0.25) is 4.79 Å².